The molecule has 1 aliphatic rings. The topological polar surface area (TPSA) is 150 Å². The number of benzene rings is 1. The molecule has 41 heavy (non-hydrogen) atoms. The molecule has 2 amide bonds. The number of guanidine groups is 2. The lowest BCUT2D eigenvalue weighted by Crippen LogP contribution is -2.57. The van der Waals surface area contributed by atoms with E-state index >= 15 is 0 Å². The summed E-state index contributed by atoms with van der Waals surface area (Å²) in [4.78, 5) is 43.0. The molecule has 1 fully saturated rings. The number of nitrogens with one attached hydrogen (secondary N) is 2. The van der Waals surface area contributed by atoms with Crippen molar-refractivity contribution >= 4 is 29.9 Å². The van der Waals surface area contributed by atoms with E-state index in [0.29, 0.717) is 47.7 Å². The monoisotopic (exact) mass is 571 g/mol. The highest BCUT2D eigenvalue weighted by atomic mass is 16.6. The predicted octanol–water partition coefficient (Wildman–Crippen LogP) is 4.80. The number of esters is 1. The van der Waals surface area contributed by atoms with Crippen molar-refractivity contribution in [3.63, 3.8) is 0 Å². The van der Waals surface area contributed by atoms with Crippen molar-refractivity contribution < 1.29 is 28.0 Å². The second kappa shape index (κ2) is 17.5. The van der Waals surface area contributed by atoms with E-state index in [2.05, 4.69) is 23.5 Å². The first kappa shape index (κ1) is 28.4. The van der Waals surface area contributed by atoms with Gasteiger partial charge in [0.15, 0.2) is 0 Å². The molecule has 0 aliphatic heterocycles. The van der Waals surface area contributed by atoms with Gasteiger partial charge in [-0.2, -0.15) is 0 Å². The highest BCUT2D eigenvalue weighted by molar-refractivity contribution is 6.02. The van der Waals surface area contributed by atoms with E-state index in [0.717, 1.165) is 32.1 Å². The van der Waals surface area contributed by atoms with Crippen molar-refractivity contribution in [3.8, 4) is 0 Å². The summed E-state index contributed by atoms with van der Waals surface area (Å²) < 4.78 is 35.2. The lowest BCUT2D eigenvalue weighted by molar-refractivity contribution is -0.162. The number of allylic oxidation sites excluding steroid dienone is 2. The molecule has 0 unspecified atom stereocenters. The Bertz CT molecular complexity index is 1170. The Morgan fingerprint density at radius 2 is 1.85 bits per heavy atom. The smallest absolute Gasteiger partial charge is 0.437 e. The van der Waals surface area contributed by atoms with Crippen molar-refractivity contribution in [2.75, 3.05) is 13.5 Å². The first-order chi connectivity index (χ1) is 20.9. The summed E-state index contributed by atoms with van der Waals surface area (Å²) in [6.07, 6.45) is 9.29. The van der Waals surface area contributed by atoms with E-state index in [-0.39, 0.29) is 13.0 Å². The second-order valence-corrected chi connectivity index (χ2v) is 9.86. The molecule has 0 atom stereocenters. The van der Waals surface area contributed by atoms with Crippen LogP contribution in [0, 0.1) is 5.41 Å². The largest absolute Gasteiger partial charge is 0.458 e. The molecule has 2 rings (SSSR count). The molecular formula is C30H44N6O5. The molecule has 11 nitrogen and oxygen atoms in total. The van der Waals surface area contributed by atoms with Gasteiger partial charge in [0.2, 0.25) is 17.8 Å². The van der Waals surface area contributed by atoms with Gasteiger partial charge in [-0.25, -0.2) is 9.80 Å². The van der Waals surface area contributed by atoms with E-state index in [4.69, 9.17) is 24.7 Å². The van der Waals surface area contributed by atoms with Gasteiger partial charge in [-0.05, 0) is 63.4 Å². The minimum atomic E-state index is -3.11. The molecule has 0 bridgehead atoms. The number of aliphatic imine (C=N–C) groups is 1. The first-order valence-corrected chi connectivity index (χ1v) is 13.9. The molecule has 1 saturated carbocycles. The van der Waals surface area contributed by atoms with Crippen LogP contribution in [0.1, 0.15) is 80.3 Å². The Morgan fingerprint density at radius 1 is 1.15 bits per heavy atom. The van der Waals surface area contributed by atoms with Crippen LogP contribution < -0.4 is 11.1 Å². The average Bonchev–Trinajstić information content (AvgIpc) is 3.42. The predicted molar refractivity (Wildman–Crippen MR) is 159 cm³/mol. The molecule has 1 aliphatic carbocycles. The molecule has 11 heteroatoms. The molecule has 0 aromatic heterocycles. The zero-order valence-electron chi connectivity index (χ0n) is 26.6. The van der Waals surface area contributed by atoms with Crippen LogP contribution >= 0.6 is 0 Å². The number of rotatable bonds is 14. The van der Waals surface area contributed by atoms with Crippen LogP contribution in [0.25, 0.3) is 0 Å². The number of hydrogen-bond acceptors (Lipinski definition) is 6. The maximum Gasteiger partial charge on any atom is 0.437 e. The quantitative estimate of drug-likeness (QED) is 0.0720. The SMILES string of the molecule is [2H]C([2H])([2H])N(C(=N)N)N(CC(=O)OC1(CCC=C)CCCC1)C(=NC(=O)OCc1ccccc1)NC(=O)CCCCCC=C. The Kier molecular flexibility index (Phi) is 12.1. The van der Waals surface area contributed by atoms with Crippen molar-refractivity contribution in [1.82, 2.24) is 15.3 Å². The maximum absolute atomic E-state index is 13.4. The third-order valence-corrected chi connectivity index (χ3v) is 6.61. The number of amides is 2. The Balaban J connectivity index is 2.42. The van der Waals surface area contributed by atoms with Crippen molar-refractivity contribution in [1.29, 1.82) is 5.41 Å². The van der Waals surface area contributed by atoms with Gasteiger partial charge in [0.1, 0.15) is 18.8 Å². The van der Waals surface area contributed by atoms with Gasteiger partial charge < -0.3 is 15.2 Å². The van der Waals surface area contributed by atoms with E-state index in [1.54, 1.807) is 42.5 Å². The Morgan fingerprint density at radius 3 is 2.49 bits per heavy atom. The number of ether oxygens (including phenoxy) is 2. The Labute approximate surface area is 247 Å². The summed E-state index contributed by atoms with van der Waals surface area (Å²) in [5.74, 6) is -3.07. The van der Waals surface area contributed by atoms with E-state index in [1.807, 2.05) is 0 Å². The molecule has 4 N–H and O–H groups in total. The molecule has 224 valence electrons. The molecule has 0 saturated heterocycles. The van der Waals surface area contributed by atoms with Gasteiger partial charge in [-0.1, -0.05) is 48.9 Å². The van der Waals surface area contributed by atoms with Gasteiger partial charge in [0, 0.05) is 17.5 Å². The van der Waals surface area contributed by atoms with Crippen molar-refractivity contribution in [2.45, 2.75) is 82.8 Å². The van der Waals surface area contributed by atoms with Crippen LogP contribution in [0.2, 0.25) is 0 Å². The van der Waals surface area contributed by atoms with Gasteiger partial charge in [0.25, 0.3) is 0 Å². The molecule has 0 heterocycles. The molecule has 1 aromatic carbocycles. The summed E-state index contributed by atoms with van der Waals surface area (Å²) in [5, 5.41) is 11.4. The number of hydrogen-bond donors (Lipinski definition) is 3. The molecule has 0 radical (unpaired) electrons. The number of nitrogens with two attached hydrogens (primary N) is 1. The van der Waals surface area contributed by atoms with E-state index in [1.165, 1.54) is 0 Å². The van der Waals surface area contributed by atoms with Gasteiger partial charge in [-0.15, -0.1) is 18.2 Å². The van der Waals surface area contributed by atoms with Crippen LogP contribution in [0.3, 0.4) is 0 Å². The third-order valence-electron chi connectivity index (χ3n) is 6.61. The van der Waals surface area contributed by atoms with Crippen LogP contribution in [-0.2, 0) is 25.7 Å². The van der Waals surface area contributed by atoms with Gasteiger partial charge >= 0.3 is 12.1 Å². The fourth-order valence-corrected chi connectivity index (χ4v) is 4.48. The summed E-state index contributed by atoms with van der Waals surface area (Å²) in [6.45, 7) is 3.33. The highest BCUT2D eigenvalue weighted by Crippen LogP contribution is 2.37. The standard InChI is InChI=1S/C30H44N6O5/c1-4-6-8-9-13-18-25(37)33-28(34-29(39)40-23-24-16-11-10-12-17-24)36(35(3)27(31)32)22-26(38)41-30(19-7-5-2)20-14-15-21-30/h4-5,10-12,16-17H,1-2,6-9,13-15,18-23H2,3H3,(H3,31,32)(H,33,34,37,39)/i3D3. The lowest BCUT2D eigenvalue weighted by Gasteiger charge is -2.35. The zero-order valence-corrected chi connectivity index (χ0v) is 23.6. The van der Waals surface area contributed by atoms with Crippen LogP contribution in [0.4, 0.5) is 4.79 Å². The molecule has 0 spiro atoms. The normalized spacial score (nSPS) is 15.4. The number of nitrogens with zero attached hydrogens (tertiary/aromatic N) is 3. The number of carbonyl (C=O) groups is 3. The summed E-state index contributed by atoms with van der Waals surface area (Å²) in [5.41, 5.74) is 5.57. The summed E-state index contributed by atoms with van der Waals surface area (Å²) >= 11 is 0. The van der Waals surface area contributed by atoms with Crippen LogP contribution in [-0.4, -0.2) is 59.0 Å². The zero-order chi connectivity index (χ0) is 32.6. The van der Waals surface area contributed by atoms with Crippen LogP contribution in [0.15, 0.2) is 60.6 Å². The van der Waals surface area contributed by atoms with Crippen molar-refractivity contribution in [3.05, 3.63) is 61.2 Å². The number of carbonyl (C=O) groups excluding carboxylic acids is 3. The van der Waals surface area contributed by atoms with Gasteiger partial charge in [-0.3, -0.25) is 25.3 Å². The fraction of sp³-hybridized carbons (Fsp3) is 0.500. The van der Waals surface area contributed by atoms with Crippen LogP contribution in [0.5, 0.6) is 0 Å². The summed E-state index contributed by atoms with van der Waals surface area (Å²) in [7, 11) is 0. The van der Waals surface area contributed by atoms with E-state index in [9.17, 15) is 14.4 Å². The minimum Gasteiger partial charge on any atom is -0.458 e. The highest BCUT2D eigenvalue weighted by Gasteiger charge is 2.38. The van der Waals surface area contributed by atoms with E-state index < -0.39 is 49.0 Å². The first-order valence-electron chi connectivity index (χ1n) is 15.4. The molecular weight excluding hydrogens is 524 g/mol. The summed E-state index contributed by atoms with van der Waals surface area (Å²) in [6, 6.07) is 8.77. The average molecular weight is 572 g/mol. The number of unbranched alkanes of at least 4 members (excludes halogenated alkanes) is 3. The van der Waals surface area contributed by atoms with Crippen molar-refractivity contribution in [2.24, 2.45) is 10.7 Å². The maximum atomic E-state index is 13.4. The second-order valence-electron chi connectivity index (χ2n) is 9.86. The lowest BCUT2D eigenvalue weighted by atomic mass is 9.95. The van der Waals surface area contributed by atoms with Gasteiger partial charge in [0.05, 0.1) is 0 Å². The number of hydrazine groups is 1. The molecule has 1 aromatic rings. The fourth-order valence-electron chi connectivity index (χ4n) is 4.48. The Hall–Kier alpha value is -4.15. The minimum absolute atomic E-state index is 0.0199. The third kappa shape index (κ3) is 11.9.